The fraction of sp³-hybridized carbons (Fsp3) is 0.143. The summed E-state index contributed by atoms with van der Waals surface area (Å²) in [7, 11) is 0. The highest BCUT2D eigenvalue weighted by atomic mass is 32.1. The van der Waals surface area contributed by atoms with Gasteiger partial charge in [-0.05, 0) is 23.2 Å². The molecule has 0 aliphatic carbocycles. The van der Waals surface area contributed by atoms with Crippen molar-refractivity contribution < 1.29 is 4.79 Å². The number of fused-ring (bicyclic) bond motifs is 2. The lowest BCUT2D eigenvalue weighted by atomic mass is 10.1. The summed E-state index contributed by atoms with van der Waals surface area (Å²) in [5.41, 5.74) is 9.74. The smallest absolute Gasteiger partial charge is 0.250 e. The van der Waals surface area contributed by atoms with Crippen LogP contribution in [0.3, 0.4) is 0 Å². The van der Waals surface area contributed by atoms with Gasteiger partial charge in [0.15, 0.2) is 11.6 Å². The van der Waals surface area contributed by atoms with Crippen molar-refractivity contribution in [1.29, 1.82) is 0 Å². The second kappa shape index (κ2) is 7.14. The van der Waals surface area contributed by atoms with Crippen LogP contribution in [0.15, 0.2) is 48.5 Å². The topological polar surface area (TPSA) is 106 Å². The van der Waals surface area contributed by atoms with Gasteiger partial charge < -0.3 is 16.4 Å². The van der Waals surface area contributed by atoms with Crippen LogP contribution >= 0.6 is 11.5 Å². The number of carbonyl (C=O) groups excluding carboxylic acids is 1. The normalized spacial score (nSPS) is 12.6. The minimum atomic E-state index is -0.463. The highest BCUT2D eigenvalue weighted by molar-refractivity contribution is 7.14. The third-order valence-electron chi connectivity index (χ3n) is 4.93. The van der Waals surface area contributed by atoms with Crippen LogP contribution < -0.4 is 16.4 Å². The molecule has 0 saturated carbocycles. The average molecular weight is 402 g/mol. The second-order valence-corrected chi connectivity index (χ2v) is 7.58. The molecule has 7 nitrogen and oxygen atoms in total. The van der Waals surface area contributed by atoms with E-state index < -0.39 is 5.91 Å². The Kier molecular flexibility index (Phi) is 4.33. The maximum atomic E-state index is 11.7. The van der Waals surface area contributed by atoms with Gasteiger partial charge in [0, 0.05) is 24.9 Å². The lowest BCUT2D eigenvalue weighted by molar-refractivity contribution is 0.100. The third-order valence-corrected chi connectivity index (χ3v) is 5.82. The molecule has 4 aromatic rings. The highest BCUT2D eigenvalue weighted by Crippen LogP contribution is 2.35. The summed E-state index contributed by atoms with van der Waals surface area (Å²) in [5, 5.41) is 7.64. The van der Waals surface area contributed by atoms with E-state index in [1.165, 1.54) is 17.1 Å². The predicted octanol–water partition coefficient (Wildman–Crippen LogP) is 3.43. The van der Waals surface area contributed by atoms with Gasteiger partial charge in [0.05, 0.1) is 21.6 Å². The van der Waals surface area contributed by atoms with Gasteiger partial charge in [0.2, 0.25) is 5.91 Å². The number of benzene rings is 2. The summed E-state index contributed by atoms with van der Waals surface area (Å²) in [4.78, 5) is 21.3. The van der Waals surface area contributed by atoms with E-state index in [1.807, 2.05) is 30.3 Å². The van der Waals surface area contributed by atoms with Crippen LogP contribution in [-0.2, 0) is 13.0 Å². The molecule has 0 saturated heterocycles. The number of amides is 1. The largest absolute Gasteiger partial charge is 0.380 e. The van der Waals surface area contributed by atoms with Crippen molar-refractivity contribution in [3.63, 3.8) is 0 Å². The summed E-state index contributed by atoms with van der Waals surface area (Å²) in [6.07, 6.45) is 0.833. The Morgan fingerprint density at radius 2 is 2.00 bits per heavy atom. The standard InChI is InChI=1S/C21H18N6OS/c22-19(28)14-8-4-7-13-16(27-29-18(13)14)21-25-15-9-10-23-17(15)20(26-21)24-11-12-5-2-1-3-6-12/h1-8,23H,9-11H2,(H2,22,28)(H,24,25,26). The maximum absolute atomic E-state index is 11.7. The zero-order valence-electron chi connectivity index (χ0n) is 15.5. The van der Waals surface area contributed by atoms with E-state index in [0.29, 0.717) is 23.6 Å². The molecular weight excluding hydrogens is 384 g/mol. The molecular formula is C21H18N6OS. The zero-order chi connectivity index (χ0) is 19.8. The van der Waals surface area contributed by atoms with Gasteiger partial charge in [-0.25, -0.2) is 9.97 Å². The summed E-state index contributed by atoms with van der Waals surface area (Å²) in [5.74, 6) is 0.851. The van der Waals surface area contributed by atoms with E-state index in [9.17, 15) is 4.79 Å². The molecule has 8 heteroatoms. The summed E-state index contributed by atoms with van der Waals surface area (Å²) in [6.45, 7) is 1.49. The molecule has 1 amide bonds. The van der Waals surface area contributed by atoms with Crippen molar-refractivity contribution in [1.82, 2.24) is 14.3 Å². The molecule has 1 aliphatic heterocycles. The van der Waals surface area contributed by atoms with Crippen molar-refractivity contribution in [2.75, 3.05) is 17.2 Å². The van der Waals surface area contributed by atoms with E-state index in [2.05, 4.69) is 27.1 Å². The summed E-state index contributed by atoms with van der Waals surface area (Å²) >= 11 is 1.25. The molecule has 0 fully saturated rings. The van der Waals surface area contributed by atoms with Crippen molar-refractivity contribution in [3.8, 4) is 11.5 Å². The van der Waals surface area contributed by atoms with Crippen LogP contribution in [0.1, 0.15) is 21.6 Å². The van der Waals surface area contributed by atoms with Crippen LogP contribution in [0.4, 0.5) is 11.5 Å². The van der Waals surface area contributed by atoms with Crippen molar-refractivity contribution in [3.05, 3.63) is 65.4 Å². The molecule has 29 heavy (non-hydrogen) atoms. The molecule has 2 aromatic carbocycles. The van der Waals surface area contributed by atoms with Crippen LogP contribution in [0, 0.1) is 0 Å². The first-order valence-electron chi connectivity index (χ1n) is 9.32. The zero-order valence-corrected chi connectivity index (χ0v) is 16.3. The Hall–Kier alpha value is -3.52. The fourth-order valence-corrected chi connectivity index (χ4v) is 4.41. The lowest BCUT2D eigenvalue weighted by Gasteiger charge is -2.12. The van der Waals surface area contributed by atoms with E-state index in [-0.39, 0.29) is 0 Å². The summed E-state index contributed by atoms with van der Waals surface area (Å²) < 4.78 is 5.31. The van der Waals surface area contributed by atoms with Gasteiger partial charge in [-0.1, -0.05) is 42.5 Å². The highest BCUT2D eigenvalue weighted by Gasteiger charge is 2.22. The number of primary amides is 1. The Labute approximate surface area is 171 Å². The van der Waals surface area contributed by atoms with E-state index in [0.717, 1.165) is 40.3 Å². The Morgan fingerprint density at radius 3 is 2.83 bits per heavy atom. The molecule has 0 bridgehead atoms. The Bertz CT molecular complexity index is 1220. The Balaban J connectivity index is 1.57. The van der Waals surface area contributed by atoms with Gasteiger partial charge in [-0.15, -0.1) is 0 Å². The third kappa shape index (κ3) is 3.17. The number of anilines is 2. The van der Waals surface area contributed by atoms with E-state index in [4.69, 9.17) is 15.7 Å². The minimum absolute atomic E-state index is 0.463. The quantitative estimate of drug-likeness (QED) is 0.472. The van der Waals surface area contributed by atoms with Crippen LogP contribution in [0.25, 0.3) is 21.6 Å². The van der Waals surface area contributed by atoms with E-state index in [1.54, 1.807) is 6.07 Å². The van der Waals surface area contributed by atoms with Gasteiger partial charge in [-0.3, -0.25) is 4.79 Å². The molecule has 4 N–H and O–H groups in total. The van der Waals surface area contributed by atoms with Gasteiger partial charge in [0.1, 0.15) is 5.69 Å². The average Bonchev–Trinajstić information content (AvgIpc) is 3.39. The first-order chi connectivity index (χ1) is 14.2. The van der Waals surface area contributed by atoms with Crippen molar-refractivity contribution in [2.45, 2.75) is 13.0 Å². The molecule has 5 rings (SSSR count). The molecule has 0 unspecified atom stereocenters. The van der Waals surface area contributed by atoms with Gasteiger partial charge >= 0.3 is 0 Å². The molecule has 144 valence electrons. The maximum Gasteiger partial charge on any atom is 0.250 e. The number of hydrogen-bond donors (Lipinski definition) is 3. The second-order valence-electron chi connectivity index (χ2n) is 6.81. The Morgan fingerprint density at radius 1 is 1.14 bits per heavy atom. The molecule has 0 radical (unpaired) electrons. The number of nitrogens with two attached hydrogens (primary N) is 1. The van der Waals surface area contributed by atoms with Crippen LogP contribution in [0.5, 0.6) is 0 Å². The number of aromatic nitrogens is 3. The number of rotatable bonds is 5. The fourth-order valence-electron chi connectivity index (χ4n) is 3.51. The monoisotopic (exact) mass is 402 g/mol. The molecule has 0 spiro atoms. The van der Waals surface area contributed by atoms with Crippen molar-refractivity contribution >= 4 is 39.0 Å². The first kappa shape index (κ1) is 17.6. The minimum Gasteiger partial charge on any atom is -0.380 e. The molecule has 3 heterocycles. The first-order valence-corrected chi connectivity index (χ1v) is 10.1. The van der Waals surface area contributed by atoms with Gasteiger partial charge in [-0.2, -0.15) is 4.37 Å². The SMILES string of the molecule is NC(=O)c1cccc2c(-c3nc4c(c(NCc5ccccc5)n3)NCC4)nsc12. The van der Waals surface area contributed by atoms with Gasteiger partial charge in [0.25, 0.3) is 0 Å². The molecule has 2 aromatic heterocycles. The number of hydrogen-bond acceptors (Lipinski definition) is 7. The molecule has 0 atom stereocenters. The van der Waals surface area contributed by atoms with E-state index >= 15 is 0 Å². The lowest BCUT2D eigenvalue weighted by Crippen LogP contribution is -2.10. The number of carbonyl (C=O) groups is 1. The number of nitrogens with zero attached hydrogens (tertiary/aromatic N) is 3. The van der Waals surface area contributed by atoms with Crippen LogP contribution in [-0.4, -0.2) is 26.8 Å². The van der Waals surface area contributed by atoms with Crippen molar-refractivity contribution in [2.24, 2.45) is 5.73 Å². The number of nitrogens with one attached hydrogen (secondary N) is 2. The molecule has 1 aliphatic rings. The van der Waals surface area contributed by atoms with Crippen LogP contribution in [0.2, 0.25) is 0 Å². The predicted molar refractivity (Wildman–Crippen MR) is 115 cm³/mol. The summed E-state index contributed by atoms with van der Waals surface area (Å²) in [6, 6.07) is 15.6.